The zero-order valence-corrected chi connectivity index (χ0v) is 15.1. The first-order valence-corrected chi connectivity index (χ1v) is 8.94. The van der Waals surface area contributed by atoms with Gasteiger partial charge in [-0.2, -0.15) is 0 Å². The van der Waals surface area contributed by atoms with Gasteiger partial charge in [-0.1, -0.05) is 48.5 Å². The third-order valence-electron chi connectivity index (χ3n) is 4.55. The van der Waals surface area contributed by atoms with Crippen LogP contribution in [-0.4, -0.2) is 20.6 Å². The Kier molecular flexibility index (Phi) is 4.93. The number of hydrogen-bond donors (Lipinski definition) is 1. The second-order valence-electron chi connectivity index (χ2n) is 6.32. The Morgan fingerprint density at radius 2 is 1.68 bits per heavy atom. The second-order valence-corrected chi connectivity index (χ2v) is 6.32. The SMILES string of the molecule is O=C(N=Nc1c(O)n(CCc2ccccc2)c2ccccc12)c1ccncc1. The van der Waals surface area contributed by atoms with Gasteiger partial charge in [-0.05, 0) is 30.2 Å². The number of hydrogen-bond acceptors (Lipinski definition) is 4. The highest BCUT2D eigenvalue weighted by Crippen LogP contribution is 2.39. The molecule has 1 amide bonds. The van der Waals surface area contributed by atoms with Crippen molar-refractivity contribution in [3.63, 3.8) is 0 Å². The molecule has 0 unspecified atom stereocenters. The monoisotopic (exact) mass is 370 g/mol. The molecular weight excluding hydrogens is 352 g/mol. The minimum absolute atomic E-state index is 0.00316. The maximum Gasteiger partial charge on any atom is 0.295 e. The van der Waals surface area contributed by atoms with E-state index in [2.05, 4.69) is 27.3 Å². The van der Waals surface area contributed by atoms with Gasteiger partial charge < -0.3 is 9.67 Å². The first kappa shape index (κ1) is 17.6. The van der Waals surface area contributed by atoms with Gasteiger partial charge in [0.2, 0.25) is 5.88 Å². The predicted octanol–water partition coefficient (Wildman–Crippen LogP) is 4.91. The lowest BCUT2D eigenvalue weighted by Gasteiger charge is -2.07. The van der Waals surface area contributed by atoms with Crippen molar-refractivity contribution >= 4 is 22.5 Å². The van der Waals surface area contributed by atoms with Crippen LogP contribution in [-0.2, 0) is 13.0 Å². The van der Waals surface area contributed by atoms with E-state index >= 15 is 0 Å². The molecule has 0 atom stereocenters. The molecular formula is C22H18N4O2. The molecule has 6 heteroatoms. The van der Waals surface area contributed by atoms with E-state index in [9.17, 15) is 9.90 Å². The van der Waals surface area contributed by atoms with Gasteiger partial charge in [-0.25, -0.2) is 0 Å². The van der Waals surface area contributed by atoms with Gasteiger partial charge in [-0.3, -0.25) is 9.78 Å². The van der Waals surface area contributed by atoms with Crippen LogP contribution in [0.3, 0.4) is 0 Å². The van der Waals surface area contributed by atoms with Gasteiger partial charge in [0.25, 0.3) is 5.91 Å². The Morgan fingerprint density at radius 3 is 2.46 bits per heavy atom. The number of carbonyl (C=O) groups is 1. The van der Waals surface area contributed by atoms with Crippen LogP contribution in [0.1, 0.15) is 15.9 Å². The number of aromatic hydroxyl groups is 1. The third-order valence-corrected chi connectivity index (χ3v) is 4.55. The Morgan fingerprint density at radius 1 is 0.964 bits per heavy atom. The topological polar surface area (TPSA) is 79.8 Å². The van der Waals surface area contributed by atoms with Crippen LogP contribution in [0.2, 0.25) is 0 Å². The molecule has 0 aliphatic heterocycles. The molecule has 6 nitrogen and oxygen atoms in total. The smallest absolute Gasteiger partial charge is 0.295 e. The van der Waals surface area contributed by atoms with Crippen LogP contribution in [0.4, 0.5) is 5.69 Å². The van der Waals surface area contributed by atoms with Crippen LogP contribution >= 0.6 is 0 Å². The number of rotatable bonds is 5. The standard InChI is InChI=1S/C22H18N4O2/c27-21(17-10-13-23-14-11-17)25-24-20-18-8-4-5-9-19(18)26(22(20)28)15-12-16-6-2-1-3-7-16/h1-11,13-14,28H,12,15H2. The van der Waals surface area contributed by atoms with Crippen molar-refractivity contribution < 1.29 is 9.90 Å². The fourth-order valence-corrected chi connectivity index (χ4v) is 3.13. The van der Waals surface area contributed by atoms with Gasteiger partial charge in [0.1, 0.15) is 0 Å². The summed E-state index contributed by atoms with van der Waals surface area (Å²) in [4.78, 5) is 16.1. The maximum atomic E-state index is 12.2. The Balaban J connectivity index is 1.66. The van der Waals surface area contributed by atoms with Gasteiger partial charge in [0.05, 0.1) is 5.52 Å². The van der Waals surface area contributed by atoms with Crippen LogP contribution in [0.15, 0.2) is 89.4 Å². The van der Waals surface area contributed by atoms with Crippen molar-refractivity contribution in [1.29, 1.82) is 0 Å². The van der Waals surface area contributed by atoms with Crippen LogP contribution in [0.5, 0.6) is 5.88 Å². The Labute approximate surface area is 161 Å². The molecule has 2 aromatic carbocycles. The summed E-state index contributed by atoms with van der Waals surface area (Å²) in [5.41, 5.74) is 2.72. The average molecular weight is 370 g/mol. The van der Waals surface area contributed by atoms with E-state index in [0.29, 0.717) is 17.8 Å². The molecule has 0 aliphatic carbocycles. The van der Waals surface area contributed by atoms with Crippen LogP contribution in [0, 0.1) is 0 Å². The Bertz CT molecular complexity index is 1140. The van der Waals surface area contributed by atoms with Crippen LogP contribution in [0.25, 0.3) is 10.9 Å². The van der Waals surface area contributed by atoms with Crippen molar-refractivity contribution in [2.75, 3.05) is 0 Å². The molecule has 0 saturated carbocycles. The number of nitrogens with zero attached hydrogens (tertiary/aromatic N) is 4. The molecule has 2 heterocycles. The number of pyridine rings is 1. The molecule has 4 rings (SSSR count). The minimum Gasteiger partial charge on any atom is -0.493 e. The lowest BCUT2D eigenvalue weighted by atomic mass is 10.1. The van der Waals surface area contributed by atoms with E-state index in [-0.39, 0.29) is 5.88 Å². The number of para-hydroxylation sites is 1. The van der Waals surface area contributed by atoms with E-state index in [1.165, 1.54) is 18.0 Å². The summed E-state index contributed by atoms with van der Waals surface area (Å²) >= 11 is 0. The first-order chi connectivity index (χ1) is 13.7. The molecule has 138 valence electrons. The lowest BCUT2D eigenvalue weighted by Crippen LogP contribution is -2.00. The number of fused-ring (bicyclic) bond motifs is 1. The Hall–Kier alpha value is -3.80. The quantitative estimate of drug-likeness (QED) is 0.507. The van der Waals surface area contributed by atoms with Gasteiger partial charge in [0, 0.05) is 29.9 Å². The highest BCUT2D eigenvalue weighted by atomic mass is 16.3. The number of benzene rings is 2. The number of aryl methyl sites for hydroxylation is 2. The van der Waals surface area contributed by atoms with Gasteiger partial charge in [0.15, 0.2) is 5.69 Å². The van der Waals surface area contributed by atoms with Crippen molar-refractivity contribution in [2.45, 2.75) is 13.0 Å². The fourth-order valence-electron chi connectivity index (χ4n) is 3.13. The van der Waals surface area contributed by atoms with E-state index in [1.54, 1.807) is 16.7 Å². The molecule has 0 fully saturated rings. The molecule has 0 spiro atoms. The minimum atomic E-state index is -0.483. The molecule has 28 heavy (non-hydrogen) atoms. The van der Waals surface area contributed by atoms with Crippen molar-refractivity contribution in [3.05, 3.63) is 90.3 Å². The molecule has 0 aliphatic rings. The summed E-state index contributed by atoms with van der Waals surface area (Å²) < 4.78 is 1.80. The van der Waals surface area contributed by atoms with Crippen molar-refractivity contribution in [2.24, 2.45) is 10.2 Å². The van der Waals surface area contributed by atoms with E-state index in [4.69, 9.17) is 0 Å². The van der Waals surface area contributed by atoms with Crippen molar-refractivity contribution in [1.82, 2.24) is 9.55 Å². The summed E-state index contributed by atoms with van der Waals surface area (Å²) in [5, 5.41) is 19.4. The largest absolute Gasteiger partial charge is 0.493 e. The highest BCUT2D eigenvalue weighted by molar-refractivity contribution is 5.97. The third kappa shape index (κ3) is 3.53. The summed E-state index contributed by atoms with van der Waals surface area (Å²) in [5.74, 6) is -0.480. The summed E-state index contributed by atoms with van der Waals surface area (Å²) in [6, 6.07) is 20.8. The normalized spacial score (nSPS) is 11.3. The summed E-state index contributed by atoms with van der Waals surface area (Å²) in [6.07, 6.45) is 3.81. The summed E-state index contributed by atoms with van der Waals surface area (Å²) in [7, 11) is 0. The van der Waals surface area contributed by atoms with Gasteiger partial charge >= 0.3 is 0 Å². The molecule has 0 radical (unpaired) electrons. The number of amides is 1. The predicted molar refractivity (Wildman–Crippen MR) is 107 cm³/mol. The first-order valence-electron chi connectivity index (χ1n) is 8.94. The average Bonchev–Trinajstić information content (AvgIpc) is 3.02. The molecule has 0 bridgehead atoms. The van der Waals surface area contributed by atoms with E-state index in [1.807, 2.05) is 42.5 Å². The number of azo groups is 1. The lowest BCUT2D eigenvalue weighted by molar-refractivity contribution is 0.0995. The van der Waals surface area contributed by atoms with E-state index < -0.39 is 5.91 Å². The van der Waals surface area contributed by atoms with Crippen LogP contribution < -0.4 is 0 Å². The van der Waals surface area contributed by atoms with Gasteiger partial charge in [-0.15, -0.1) is 10.2 Å². The molecule has 1 N–H and O–H groups in total. The highest BCUT2D eigenvalue weighted by Gasteiger charge is 2.16. The van der Waals surface area contributed by atoms with Crippen molar-refractivity contribution in [3.8, 4) is 5.88 Å². The zero-order chi connectivity index (χ0) is 19.3. The number of aromatic nitrogens is 2. The fraction of sp³-hybridized carbons (Fsp3) is 0.0909. The molecule has 4 aromatic rings. The maximum absolute atomic E-state index is 12.2. The van der Waals surface area contributed by atoms with E-state index in [0.717, 1.165) is 17.3 Å². The molecule has 0 saturated heterocycles. The second kappa shape index (κ2) is 7.84. The number of carbonyl (C=O) groups excluding carboxylic acids is 1. The summed E-state index contributed by atoms with van der Waals surface area (Å²) in [6.45, 7) is 0.587. The zero-order valence-electron chi connectivity index (χ0n) is 15.1. The molecule has 2 aromatic heterocycles.